The van der Waals surface area contributed by atoms with Gasteiger partial charge in [0.05, 0.1) is 16.4 Å². The molecule has 1 aromatic rings. The van der Waals surface area contributed by atoms with Crippen molar-refractivity contribution in [2.45, 2.75) is 62.4 Å². The predicted molar refractivity (Wildman–Crippen MR) is 117 cm³/mol. The zero-order valence-corrected chi connectivity index (χ0v) is 19.0. The van der Waals surface area contributed by atoms with E-state index in [9.17, 15) is 18.0 Å². The van der Waals surface area contributed by atoms with Crippen molar-refractivity contribution in [2.75, 3.05) is 13.2 Å². The van der Waals surface area contributed by atoms with Crippen LogP contribution in [0, 0.1) is 23.2 Å². The number of carbonyl (C=O) groups is 2. The first kappa shape index (κ1) is 21.9. The number of hydrazine groups is 1. The molecule has 6 rings (SSSR count). The van der Waals surface area contributed by atoms with E-state index < -0.39 is 15.9 Å². The molecule has 3 N–H and O–H groups in total. The Bertz CT molecular complexity index is 967. The van der Waals surface area contributed by atoms with Crippen LogP contribution >= 0.6 is 0 Å². The summed E-state index contributed by atoms with van der Waals surface area (Å²) in [5, 5.41) is 0. The van der Waals surface area contributed by atoms with Crippen LogP contribution < -0.4 is 15.6 Å². The normalized spacial score (nSPS) is 33.2. The third-order valence-electron chi connectivity index (χ3n) is 7.74. The van der Waals surface area contributed by atoms with Gasteiger partial charge in [0.25, 0.3) is 5.91 Å². The lowest BCUT2D eigenvalue weighted by Gasteiger charge is -2.55. The van der Waals surface area contributed by atoms with Crippen LogP contribution in [-0.4, -0.2) is 39.5 Å². The molecule has 174 valence electrons. The lowest BCUT2D eigenvalue weighted by Crippen LogP contribution is -2.56. The van der Waals surface area contributed by atoms with Crippen LogP contribution in [0.2, 0.25) is 0 Å². The zero-order valence-electron chi connectivity index (χ0n) is 18.1. The molecular formula is C23H31N3O5S. The van der Waals surface area contributed by atoms with Gasteiger partial charge in [-0.15, -0.1) is 0 Å². The predicted octanol–water partition coefficient (Wildman–Crippen LogP) is 2.12. The van der Waals surface area contributed by atoms with Gasteiger partial charge in [-0.05, 0) is 87.3 Å². The van der Waals surface area contributed by atoms with E-state index in [1.807, 2.05) is 0 Å². The minimum absolute atomic E-state index is 0.00978. The highest BCUT2D eigenvalue weighted by Gasteiger charge is 2.54. The highest BCUT2D eigenvalue weighted by molar-refractivity contribution is 7.89. The summed E-state index contributed by atoms with van der Waals surface area (Å²) in [6.07, 6.45) is 8.07. The van der Waals surface area contributed by atoms with Crippen LogP contribution in [-0.2, 0) is 19.6 Å². The van der Waals surface area contributed by atoms with E-state index in [0.717, 1.165) is 32.1 Å². The molecule has 1 aromatic carbocycles. The molecule has 32 heavy (non-hydrogen) atoms. The van der Waals surface area contributed by atoms with Crippen molar-refractivity contribution < 1.29 is 22.7 Å². The summed E-state index contributed by atoms with van der Waals surface area (Å²) in [6.45, 7) is 0.858. The van der Waals surface area contributed by atoms with Crippen molar-refractivity contribution >= 4 is 21.8 Å². The third-order valence-corrected chi connectivity index (χ3v) is 9.16. The maximum absolute atomic E-state index is 13.0. The van der Waals surface area contributed by atoms with E-state index >= 15 is 0 Å². The van der Waals surface area contributed by atoms with Crippen LogP contribution in [0.1, 0.15) is 61.7 Å². The lowest BCUT2D eigenvalue weighted by atomic mass is 9.49. The van der Waals surface area contributed by atoms with Crippen LogP contribution in [0.3, 0.4) is 0 Å². The standard InChI is InChI=1S/C23H31N3O5S/c27-21(25-26-22(28)23-11-15-7-16(12-23)9-17(8-15)13-23)18-3-1-5-20(10-18)32(29,30)24-14-19-4-2-6-31-19/h1,3,5,10,15-17,19,24H,2,4,6-9,11-14H2,(H,25,27)(H,26,28). The van der Waals surface area contributed by atoms with Crippen molar-refractivity contribution in [1.29, 1.82) is 0 Å². The Balaban J connectivity index is 1.20. The molecule has 0 spiro atoms. The van der Waals surface area contributed by atoms with Gasteiger partial charge in [0.1, 0.15) is 0 Å². The topological polar surface area (TPSA) is 114 Å². The number of amides is 2. The van der Waals surface area contributed by atoms with E-state index in [1.54, 1.807) is 0 Å². The molecule has 0 radical (unpaired) electrons. The second-order valence-electron chi connectivity index (χ2n) is 10.1. The Kier molecular flexibility index (Phi) is 5.75. The van der Waals surface area contributed by atoms with E-state index in [0.29, 0.717) is 24.4 Å². The SMILES string of the molecule is O=C(NNC(=O)C12CC3CC(CC(C3)C1)C2)c1cccc(S(=O)(=O)NCC2CCCO2)c1. The summed E-state index contributed by atoms with van der Waals surface area (Å²) >= 11 is 0. The Morgan fingerprint density at radius 1 is 1.03 bits per heavy atom. The Morgan fingerprint density at radius 2 is 1.72 bits per heavy atom. The van der Waals surface area contributed by atoms with E-state index in [2.05, 4.69) is 15.6 Å². The number of nitrogens with one attached hydrogen (secondary N) is 3. The van der Waals surface area contributed by atoms with Crippen molar-refractivity contribution in [2.24, 2.45) is 23.2 Å². The van der Waals surface area contributed by atoms with Crippen molar-refractivity contribution in [1.82, 2.24) is 15.6 Å². The molecular weight excluding hydrogens is 430 g/mol. The van der Waals surface area contributed by atoms with Gasteiger partial charge in [-0.1, -0.05) is 6.07 Å². The van der Waals surface area contributed by atoms with Crippen molar-refractivity contribution in [3.05, 3.63) is 29.8 Å². The molecule has 1 atom stereocenters. The second kappa shape index (κ2) is 8.43. The number of sulfonamides is 1. The summed E-state index contributed by atoms with van der Waals surface area (Å²) in [7, 11) is -3.76. The molecule has 4 bridgehead atoms. The molecule has 8 nitrogen and oxygen atoms in total. The average Bonchev–Trinajstić information content (AvgIpc) is 3.29. The molecule has 9 heteroatoms. The summed E-state index contributed by atoms with van der Waals surface area (Å²) in [4.78, 5) is 25.7. The number of rotatable bonds is 6. The maximum atomic E-state index is 13.0. The second-order valence-corrected chi connectivity index (χ2v) is 11.9. The molecule has 1 saturated heterocycles. The van der Waals surface area contributed by atoms with E-state index in [1.165, 1.54) is 43.5 Å². The Hall–Kier alpha value is -1.97. The maximum Gasteiger partial charge on any atom is 0.269 e. The first-order valence-corrected chi connectivity index (χ1v) is 13.1. The number of hydrogen-bond donors (Lipinski definition) is 3. The Morgan fingerprint density at radius 3 is 2.34 bits per heavy atom. The number of hydrogen-bond acceptors (Lipinski definition) is 5. The zero-order chi connectivity index (χ0) is 22.3. The van der Waals surface area contributed by atoms with Crippen LogP contribution in [0.4, 0.5) is 0 Å². The summed E-state index contributed by atoms with van der Waals surface area (Å²) in [5.41, 5.74) is 4.96. The summed E-state index contributed by atoms with van der Waals surface area (Å²) < 4.78 is 33.3. The number of benzene rings is 1. The Labute approximate surface area is 188 Å². The largest absolute Gasteiger partial charge is 0.377 e. The fraction of sp³-hybridized carbons (Fsp3) is 0.652. The summed E-state index contributed by atoms with van der Waals surface area (Å²) in [5.74, 6) is 1.26. The number of ether oxygens (including phenoxy) is 1. The highest BCUT2D eigenvalue weighted by atomic mass is 32.2. The molecule has 0 aromatic heterocycles. The van der Waals surface area contributed by atoms with Crippen LogP contribution in [0.5, 0.6) is 0 Å². The molecule has 2 amide bonds. The first-order chi connectivity index (χ1) is 15.3. The van der Waals surface area contributed by atoms with Crippen LogP contribution in [0.15, 0.2) is 29.2 Å². The van der Waals surface area contributed by atoms with Gasteiger partial charge in [-0.2, -0.15) is 0 Å². The number of carbonyl (C=O) groups excluding carboxylic acids is 2. The van der Waals surface area contributed by atoms with E-state index in [4.69, 9.17) is 4.74 Å². The van der Waals surface area contributed by atoms with Crippen LogP contribution in [0.25, 0.3) is 0 Å². The van der Waals surface area contributed by atoms with E-state index in [-0.39, 0.29) is 34.4 Å². The fourth-order valence-corrected chi connectivity index (χ4v) is 7.71. The van der Waals surface area contributed by atoms with Gasteiger partial charge in [-0.25, -0.2) is 13.1 Å². The third kappa shape index (κ3) is 4.30. The average molecular weight is 462 g/mol. The molecule has 5 fully saturated rings. The quantitative estimate of drug-likeness (QED) is 0.562. The minimum atomic E-state index is -3.76. The molecule has 4 saturated carbocycles. The molecule has 1 aliphatic heterocycles. The lowest BCUT2D eigenvalue weighted by molar-refractivity contribution is -0.147. The van der Waals surface area contributed by atoms with Gasteiger partial charge < -0.3 is 4.74 Å². The molecule has 1 heterocycles. The van der Waals surface area contributed by atoms with Gasteiger partial charge in [0, 0.05) is 18.7 Å². The molecule has 1 unspecified atom stereocenters. The molecule has 5 aliphatic rings. The van der Waals surface area contributed by atoms with Crippen molar-refractivity contribution in [3.63, 3.8) is 0 Å². The van der Waals surface area contributed by atoms with Gasteiger partial charge in [-0.3, -0.25) is 20.4 Å². The minimum Gasteiger partial charge on any atom is -0.377 e. The summed E-state index contributed by atoms with van der Waals surface area (Å²) in [6, 6.07) is 5.83. The van der Waals surface area contributed by atoms with Gasteiger partial charge in [0.2, 0.25) is 15.9 Å². The van der Waals surface area contributed by atoms with Gasteiger partial charge in [0.15, 0.2) is 0 Å². The fourth-order valence-electron chi connectivity index (χ4n) is 6.60. The highest BCUT2D eigenvalue weighted by Crippen LogP contribution is 2.60. The first-order valence-electron chi connectivity index (χ1n) is 11.7. The molecule has 4 aliphatic carbocycles. The van der Waals surface area contributed by atoms with Gasteiger partial charge >= 0.3 is 0 Å². The monoisotopic (exact) mass is 461 g/mol. The smallest absolute Gasteiger partial charge is 0.269 e. The van der Waals surface area contributed by atoms with Crippen molar-refractivity contribution in [3.8, 4) is 0 Å².